The van der Waals surface area contributed by atoms with Crippen LogP contribution in [0.1, 0.15) is 37.3 Å². The van der Waals surface area contributed by atoms with E-state index in [0.29, 0.717) is 12.7 Å². The molecule has 0 aliphatic carbocycles. The van der Waals surface area contributed by atoms with Gasteiger partial charge in [0.1, 0.15) is 0 Å². The van der Waals surface area contributed by atoms with Crippen molar-refractivity contribution in [1.82, 2.24) is 0 Å². The van der Waals surface area contributed by atoms with Crippen LogP contribution in [0.25, 0.3) is 0 Å². The van der Waals surface area contributed by atoms with E-state index in [4.69, 9.17) is 0 Å². The molecule has 7 heteroatoms. The van der Waals surface area contributed by atoms with Gasteiger partial charge in [0.2, 0.25) is 0 Å². The molecule has 1 aromatic rings. The molecule has 120 valence electrons. The predicted octanol–water partition coefficient (Wildman–Crippen LogP) is 5.17. The van der Waals surface area contributed by atoms with Crippen LogP contribution in [-0.2, 0) is 10.3 Å². The lowest BCUT2D eigenvalue weighted by Gasteiger charge is -2.36. The van der Waals surface area contributed by atoms with Crippen LogP contribution in [0.4, 0.5) is 26.3 Å². The van der Waals surface area contributed by atoms with Gasteiger partial charge in [0.25, 0.3) is 5.60 Å². The second-order valence-electron chi connectivity index (χ2n) is 4.81. The van der Waals surface area contributed by atoms with E-state index in [2.05, 4.69) is 4.74 Å². The summed E-state index contributed by atoms with van der Waals surface area (Å²) < 4.78 is 82.2. The molecule has 0 radical (unpaired) electrons. The first-order valence-corrected chi connectivity index (χ1v) is 6.30. The monoisotopic (exact) mass is 314 g/mol. The standard InChI is InChI=1S/C14H16F6O/c1-4-9(2)10-5-7-11(8-6-10)12(21-3,13(15,16)17)14(18,19)20/h5-9H,4H2,1-3H3. The Bertz CT molecular complexity index is 446. The highest BCUT2D eigenvalue weighted by atomic mass is 19.4. The van der Waals surface area contributed by atoms with Crippen molar-refractivity contribution in [3.05, 3.63) is 35.4 Å². The zero-order valence-corrected chi connectivity index (χ0v) is 11.8. The van der Waals surface area contributed by atoms with Crippen LogP contribution in [0.5, 0.6) is 0 Å². The molecule has 0 saturated carbocycles. The van der Waals surface area contributed by atoms with E-state index in [1.807, 2.05) is 13.8 Å². The number of halogens is 6. The Kier molecular flexibility index (Phi) is 4.98. The summed E-state index contributed by atoms with van der Waals surface area (Å²) in [4.78, 5) is 0. The normalized spacial score (nSPS) is 15.1. The van der Waals surface area contributed by atoms with Gasteiger partial charge < -0.3 is 4.74 Å². The van der Waals surface area contributed by atoms with Crippen molar-refractivity contribution in [1.29, 1.82) is 0 Å². The molecular formula is C14H16F6O. The highest BCUT2D eigenvalue weighted by molar-refractivity contribution is 5.32. The molecule has 0 spiro atoms. The molecule has 1 aromatic carbocycles. The van der Waals surface area contributed by atoms with Crippen LogP contribution in [0, 0.1) is 0 Å². The smallest absolute Gasteiger partial charge is 0.357 e. The highest BCUT2D eigenvalue weighted by Gasteiger charge is 2.72. The van der Waals surface area contributed by atoms with Gasteiger partial charge in [0.15, 0.2) is 0 Å². The first-order chi connectivity index (χ1) is 9.51. The molecule has 1 rings (SSSR count). The summed E-state index contributed by atoms with van der Waals surface area (Å²) in [5.41, 5.74) is -4.61. The topological polar surface area (TPSA) is 9.23 Å². The largest absolute Gasteiger partial charge is 0.430 e. The second-order valence-corrected chi connectivity index (χ2v) is 4.81. The minimum atomic E-state index is -5.61. The van der Waals surface area contributed by atoms with Crippen molar-refractivity contribution < 1.29 is 31.1 Å². The zero-order chi connectivity index (χ0) is 16.5. The van der Waals surface area contributed by atoms with Crippen LogP contribution >= 0.6 is 0 Å². The second kappa shape index (κ2) is 5.87. The van der Waals surface area contributed by atoms with Gasteiger partial charge in [-0.15, -0.1) is 0 Å². The first-order valence-electron chi connectivity index (χ1n) is 6.30. The molecule has 1 atom stereocenters. The van der Waals surface area contributed by atoms with Gasteiger partial charge in [-0.05, 0) is 17.9 Å². The Balaban J connectivity index is 3.42. The maximum Gasteiger partial charge on any atom is 0.430 e. The number of hydrogen-bond acceptors (Lipinski definition) is 1. The summed E-state index contributed by atoms with van der Waals surface area (Å²) in [6, 6.07) is 4.20. The molecule has 0 aliphatic rings. The fourth-order valence-corrected chi connectivity index (χ4v) is 2.12. The predicted molar refractivity (Wildman–Crippen MR) is 65.9 cm³/mol. The van der Waals surface area contributed by atoms with Crippen molar-refractivity contribution in [2.45, 2.75) is 44.1 Å². The van der Waals surface area contributed by atoms with Crippen LogP contribution in [0.3, 0.4) is 0 Å². The third-order valence-electron chi connectivity index (χ3n) is 3.60. The summed E-state index contributed by atoms with van der Waals surface area (Å²) in [5, 5.41) is 0. The third-order valence-corrected chi connectivity index (χ3v) is 3.60. The molecule has 0 amide bonds. The van der Waals surface area contributed by atoms with E-state index >= 15 is 0 Å². The van der Waals surface area contributed by atoms with E-state index in [1.54, 1.807) is 0 Å². The van der Waals surface area contributed by atoms with Gasteiger partial charge in [0.05, 0.1) is 0 Å². The highest BCUT2D eigenvalue weighted by Crippen LogP contribution is 2.52. The molecule has 0 N–H and O–H groups in total. The van der Waals surface area contributed by atoms with Crippen molar-refractivity contribution in [2.24, 2.45) is 0 Å². The van der Waals surface area contributed by atoms with Gasteiger partial charge in [0, 0.05) is 12.7 Å². The van der Waals surface area contributed by atoms with Gasteiger partial charge >= 0.3 is 12.4 Å². The Labute approximate surface area is 118 Å². The summed E-state index contributed by atoms with van der Waals surface area (Å²) in [6.45, 7) is 3.72. The number of methoxy groups -OCH3 is 1. The van der Waals surface area contributed by atoms with Crippen LogP contribution in [0.2, 0.25) is 0 Å². The molecule has 1 nitrogen and oxygen atoms in total. The molecule has 0 saturated heterocycles. The quantitative estimate of drug-likeness (QED) is 0.697. The molecule has 0 bridgehead atoms. The molecule has 1 unspecified atom stereocenters. The maximum absolute atomic E-state index is 13.0. The number of alkyl halides is 6. The average molecular weight is 314 g/mol. The lowest BCUT2D eigenvalue weighted by molar-refractivity contribution is -0.383. The van der Waals surface area contributed by atoms with Crippen LogP contribution in [-0.4, -0.2) is 19.5 Å². The Morgan fingerprint density at radius 1 is 0.952 bits per heavy atom. The molecule has 21 heavy (non-hydrogen) atoms. The average Bonchev–Trinajstić information content (AvgIpc) is 2.36. The van der Waals surface area contributed by atoms with E-state index in [-0.39, 0.29) is 5.92 Å². The zero-order valence-electron chi connectivity index (χ0n) is 11.8. The summed E-state index contributed by atoms with van der Waals surface area (Å²) in [6.07, 6.45) is -10.5. The lowest BCUT2D eigenvalue weighted by atomic mass is 9.89. The summed E-state index contributed by atoms with van der Waals surface area (Å²) >= 11 is 0. The molecule has 0 aliphatic heterocycles. The van der Waals surface area contributed by atoms with Gasteiger partial charge in [-0.3, -0.25) is 0 Å². The van der Waals surface area contributed by atoms with Crippen molar-refractivity contribution in [3.8, 4) is 0 Å². The molecule has 0 heterocycles. The van der Waals surface area contributed by atoms with E-state index in [9.17, 15) is 26.3 Å². The van der Waals surface area contributed by atoms with Gasteiger partial charge in [-0.1, -0.05) is 38.1 Å². The Hall–Kier alpha value is -1.24. The first kappa shape index (κ1) is 17.8. The minimum Gasteiger partial charge on any atom is -0.357 e. The van der Waals surface area contributed by atoms with Crippen LogP contribution < -0.4 is 0 Å². The van der Waals surface area contributed by atoms with E-state index in [1.165, 1.54) is 12.1 Å². The SMILES string of the molecule is CCC(C)c1ccc(C(OC)(C(F)(F)F)C(F)(F)F)cc1. The molecule has 0 fully saturated rings. The number of rotatable bonds is 4. The maximum atomic E-state index is 13.0. The lowest BCUT2D eigenvalue weighted by Crippen LogP contribution is -2.55. The summed E-state index contributed by atoms with van der Waals surface area (Å²) in [7, 11) is 0.406. The number of benzene rings is 1. The summed E-state index contributed by atoms with van der Waals surface area (Å²) in [5.74, 6) is 0.0489. The minimum absolute atomic E-state index is 0.0489. The molecule has 0 aromatic heterocycles. The van der Waals surface area contributed by atoms with Crippen molar-refractivity contribution >= 4 is 0 Å². The fourth-order valence-electron chi connectivity index (χ4n) is 2.12. The van der Waals surface area contributed by atoms with E-state index in [0.717, 1.165) is 18.6 Å². The van der Waals surface area contributed by atoms with Crippen LogP contribution in [0.15, 0.2) is 24.3 Å². The van der Waals surface area contributed by atoms with Gasteiger partial charge in [-0.25, -0.2) is 0 Å². The fraction of sp³-hybridized carbons (Fsp3) is 0.571. The van der Waals surface area contributed by atoms with Crippen molar-refractivity contribution in [3.63, 3.8) is 0 Å². The number of hydrogen-bond donors (Lipinski definition) is 0. The third kappa shape index (κ3) is 3.02. The van der Waals surface area contributed by atoms with Crippen molar-refractivity contribution in [2.75, 3.05) is 7.11 Å². The number of ether oxygens (including phenoxy) is 1. The Morgan fingerprint density at radius 2 is 1.38 bits per heavy atom. The van der Waals surface area contributed by atoms with Gasteiger partial charge in [-0.2, -0.15) is 26.3 Å². The Morgan fingerprint density at radius 3 is 1.67 bits per heavy atom. The molecular weight excluding hydrogens is 298 g/mol. The van der Waals surface area contributed by atoms with E-state index < -0.39 is 23.5 Å².